The van der Waals surface area contributed by atoms with E-state index in [2.05, 4.69) is 76.4 Å². The third-order valence-electron chi connectivity index (χ3n) is 4.41. The molecule has 0 aliphatic heterocycles. The van der Waals surface area contributed by atoms with Crippen molar-refractivity contribution in [1.82, 2.24) is 0 Å². The maximum Gasteiger partial charge on any atom is 0.0642 e. The fourth-order valence-electron chi connectivity index (χ4n) is 2.98. The number of hydrogen-bond acceptors (Lipinski definition) is 4. The van der Waals surface area contributed by atoms with Gasteiger partial charge in [-0.25, -0.2) is 0 Å². The molecular formula is C20H36N2O2. The molecule has 2 unspecified atom stereocenters. The van der Waals surface area contributed by atoms with Gasteiger partial charge in [0.15, 0.2) is 0 Å². The molecule has 4 heteroatoms. The van der Waals surface area contributed by atoms with E-state index < -0.39 is 0 Å². The standard InChI is InChI=1S/C20H36N2O2/c1-15(13-19(3,4)23-7)21-17-9-11-18(12-10-17)22-16(2)14-20(5,6)24-8/h9-12,15-16,21-22H,13-14H2,1-8H3. The molecule has 0 fully saturated rings. The number of rotatable bonds is 10. The Kier molecular flexibility index (Phi) is 7.56. The predicted octanol–water partition coefficient (Wildman–Crippen LogP) is 4.92. The SMILES string of the molecule is COC(C)(C)CC(C)Nc1ccc(NC(C)CC(C)(C)OC)cc1. The van der Waals surface area contributed by atoms with Crippen molar-refractivity contribution >= 4 is 11.4 Å². The molecule has 0 saturated heterocycles. The minimum Gasteiger partial charge on any atom is -0.382 e. The third kappa shape index (κ3) is 7.54. The summed E-state index contributed by atoms with van der Waals surface area (Å²) in [6.45, 7) is 12.8. The molecule has 0 spiro atoms. The lowest BCUT2D eigenvalue weighted by Crippen LogP contribution is -2.31. The highest BCUT2D eigenvalue weighted by Gasteiger charge is 2.21. The molecule has 4 nitrogen and oxygen atoms in total. The topological polar surface area (TPSA) is 42.5 Å². The van der Waals surface area contributed by atoms with Crippen LogP contribution in [0.5, 0.6) is 0 Å². The van der Waals surface area contributed by atoms with Crippen LogP contribution in [0.2, 0.25) is 0 Å². The maximum atomic E-state index is 5.50. The lowest BCUT2D eigenvalue weighted by molar-refractivity contribution is 0.0124. The first-order valence-electron chi connectivity index (χ1n) is 8.80. The fraction of sp³-hybridized carbons (Fsp3) is 0.700. The quantitative estimate of drug-likeness (QED) is 0.636. The molecule has 1 aromatic rings. The van der Waals surface area contributed by atoms with Gasteiger partial charge < -0.3 is 20.1 Å². The Hall–Kier alpha value is -1.26. The zero-order valence-corrected chi connectivity index (χ0v) is 16.7. The van der Waals surface area contributed by atoms with Crippen molar-refractivity contribution < 1.29 is 9.47 Å². The first-order chi connectivity index (χ1) is 11.1. The molecule has 1 rings (SSSR count). The molecule has 2 N–H and O–H groups in total. The summed E-state index contributed by atoms with van der Waals surface area (Å²) in [5.74, 6) is 0. The van der Waals surface area contributed by atoms with Crippen LogP contribution in [0, 0.1) is 0 Å². The molecule has 0 aliphatic carbocycles. The zero-order chi connectivity index (χ0) is 18.4. The van der Waals surface area contributed by atoms with E-state index in [0.29, 0.717) is 12.1 Å². The minimum absolute atomic E-state index is 0.114. The maximum absolute atomic E-state index is 5.50. The normalized spacial score (nSPS) is 15.0. The smallest absolute Gasteiger partial charge is 0.0642 e. The highest BCUT2D eigenvalue weighted by atomic mass is 16.5. The van der Waals surface area contributed by atoms with Gasteiger partial charge >= 0.3 is 0 Å². The molecule has 1 aromatic carbocycles. The zero-order valence-electron chi connectivity index (χ0n) is 16.7. The second kappa shape index (κ2) is 8.72. The summed E-state index contributed by atoms with van der Waals surface area (Å²) in [6, 6.07) is 9.17. The van der Waals surface area contributed by atoms with Crippen LogP contribution in [0.15, 0.2) is 24.3 Å². The van der Waals surface area contributed by atoms with E-state index in [0.717, 1.165) is 24.2 Å². The molecule has 24 heavy (non-hydrogen) atoms. The van der Waals surface area contributed by atoms with Crippen molar-refractivity contribution in [2.75, 3.05) is 24.9 Å². The summed E-state index contributed by atoms with van der Waals surface area (Å²) < 4.78 is 11.0. The Bertz CT molecular complexity index is 438. The average Bonchev–Trinajstić information content (AvgIpc) is 2.48. The van der Waals surface area contributed by atoms with Crippen LogP contribution in [0.3, 0.4) is 0 Å². The van der Waals surface area contributed by atoms with Gasteiger partial charge in [-0.05, 0) is 78.6 Å². The minimum atomic E-state index is -0.114. The van der Waals surface area contributed by atoms with Crippen molar-refractivity contribution in [3.05, 3.63) is 24.3 Å². The molecule has 0 radical (unpaired) electrons. The second-order valence-electron chi connectivity index (χ2n) is 8.00. The average molecular weight is 337 g/mol. The van der Waals surface area contributed by atoms with Crippen molar-refractivity contribution in [3.8, 4) is 0 Å². The summed E-state index contributed by atoms with van der Waals surface area (Å²) in [5.41, 5.74) is 2.03. The Balaban J connectivity index is 2.54. The fourth-order valence-corrected chi connectivity index (χ4v) is 2.98. The lowest BCUT2D eigenvalue weighted by atomic mass is 9.99. The van der Waals surface area contributed by atoms with Gasteiger partial charge in [0.1, 0.15) is 0 Å². The molecule has 0 aliphatic rings. The van der Waals surface area contributed by atoms with Gasteiger partial charge in [0.05, 0.1) is 11.2 Å². The number of benzene rings is 1. The largest absolute Gasteiger partial charge is 0.382 e. The van der Waals surface area contributed by atoms with Crippen LogP contribution >= 0.6 is 0 Å². The molecule has 0 heterocycles. The lowest BCUT2D eigenvalue weighted by Gasteiger charge is -2.28. The number of nitrogens with one attached hydrogen (secondary N) is 2. The van der Waals surface area contributed by atoms with Crippen LogP contribution in [-0.2, 0) is 9.47 Å². The van der Waals surface area contributed by atoms with Gasteiger partial charge in [0.25, 0.3) is 0 Å². The monoisotopic (exact) mass is 336 g/mol. The Morgan fingerprint density at radius 2 is 1.04 bits per heavy atom. The van der Waals surface area contributed by atoms with E-state index in [9.17, 15) is 0 Å². The van der Waals surface area contributed by atoms with Crippen LogP contribution < -0.4 is 10.6 Å². The first-order valence-corrected chi connectivity index (χ1v) is 8.80. The highest BCUT2D eigenvalue weighted by Crippen LogP contribution is 2.22. The molecule has 2 atom stereocenters. The van der Waals surface area contributed by atoms with Crippen LogP contribution in [-0.4, -0.2) is 37.5 Å². The number of ether oxygens (including phenoxy) is 2. The predicted molar refractivity (Wildman–Crippen MR) is 104 cm³/mol. The third-order valence-corrected chi connectivity index (χ3v) is 4.41. The molecule has 0 bridgehead atoms. The van der Waals surface area contributed by atoms with Gasteiger partial charge in [-0.15, -0.1) is 0 Å². The second-order valence-corrected chi connectivity index (χ2v) is 8.00. The van der Waals surface area contributed by atoms with E-state index in [1.165, 1.54) is 0 Å². The first kappa shape index (κ1) is 20.8. The van der Waals surface area contributed by atoms with Crippen molar-refractivity contribution in [3.63, 3.8) is 0 Å². The van der Waals surface area contributed by atoms with Crippen molar-refractivity contribution in [1.29, 1.82) is 0 Å². The van der Waals surface area contributed by atoms with E-state index in [-0.39, 0.29) is 11.2 Å². The summed E-state index contributed by atoms with van der Waals surface area (Å²) in [6.07, 6.45) is 1.90. The summed E-state index contributed by atoms with van der Waals surface area (Å²) in [7, 11) is 3.53. The van der Waals surface area contributed by atoms with Crippen LogP contribution in [0.25, 0.3) is 0 Å². The van der Waals surface area contributed by atoms with Gasteiger partial charge in [0.2, 0.25) is 0 Å². The van der Waals surface area contributed by atoms with Gasteiger partial charge in [-0.3, -0.25) is 0 Å². The Morgan fingerprint density at radius 1 is 0.750 bits per heavy atom. The molecular weight excluding hydrogens is 300 g/mol. The van der Waals surface area contributed by atoms with Crippen LogP contribution in [0.1, 0.15) is 54.4 Å². The van der Waals surface area contributed by atoms with Gasteiger partial charge in [0, 0.05) is 37.7 Å². The molecule has 0 amide bonds. The van der Waals surface area contributed by atoms with Crippen LogP contribution in [0.4, 0.5) is 11.4 Å². The van der Waals surface area contributed by atoms with Gasteiger partial charge in [-0.2, -0.15) is 0 Å². The van der Waals surface area contributed by atoms with Crippen molar-refractivity contribution in [2.24, 2.45) is 0 Å². The molecule has 0 aromatic heterocycles. The Labute approximate surface area is 148 Å². The summed E-state index contributed by atoms with van der Waals surface area (Å²) in [5, 5.41) is 7.06. The number of anilines is 2. The van der Waals surface area contributed by atoms with Gasteiger partial charge in [-0.1, -0.05) is 0 Å². The highest BCUT2D eigenvalue weighted by molar-refractivity contribution is 5.54. The summed E-state index contributed by atoms with van der Waals surface area (Å²) in [4.78, 5) is 0. The Morgan fingerprint density at radius 3 is 1.29 bits per heavy atom. The van der Waals surface area contributed by atoms with E-state index in [1.54, 1.807) is 14.2 Å². The number of hydrogen-bond donors (Lipinski definition) is 2. The molecule has 0 saturated carbocycles. The van der Waals surface area contributed by atoms with E-state index in [4.69, 9.17) is 9.47 Å². The molecule has 138 valence electrons. The van der Waals surface area contributed by atoms with Crippen molar-refractivity contribution in [2.45, 2.75) is 77.7 Å². The number of methoxy groups -OCH3 is 2. The summed E-state index contributed by atoms with van der Waals surface area (Å²) >= 11 is 0. The van der Waals surface area contributed by atoms with E-state index in [1.807, 2.05) is 0 Å². The van der Waals surface area contributed by atoms with E-state index >= 15 is 0 Å².